The molecule has 2 aromatic heterocycles. The molecule has 2 N–H and O–H groups in total. The normalized spacial score (nSPS) is 10.2. The van der Waals surface area contributed by atoms with Crippen molar-refractivity contribution in [3.05, 3.63) is 64.7 Å². The molecule has 0 saturated heterocycles. The highest BCUT2D eigenvalue weighted by atomic mass is 32.1. The fraction of sp³-hybridized carbons (Fsp3) is 0.0667. The molecule has 0 aliphatic carbocycles. The molecule has 2 heterocycles. The smallest absolute Gasteiger partial charge is 0.276 e. The molecule has 0 fully saturated rings. The minimum absolute atomic E-state index is 0.267. The molecule has 0 aliphatic heterocycles. The summed E-state index contributed by atoms with van der Waals surface area (Å²) in [5.41, 5.74) is 0.990. The van der Waals surface area contributed by atoms with Crippen LogP contribution in [0.25, 0.3) is 0 Å². The second kappa shape index (κ2) is 6.77. The zero-order valence-corrected chi connectivity index (χ0v) is 12.4. The predicted octanol–water partition coefficient (Wildman–Crippen LogP) is 2.80. The molecular weight excluding hydrogens is 298 g/mol. The average molecular weight is 311 g/mol. The highest BCUT2D eigenvalue weighted by Gasteiger charge is 2.08. The Hall–Kier alpha value is -2.80. The summed E-state index contributed by atoms with van der Waals surface area (Å²) in [5, 5.41) is 16.7. The minimum Gasteiger partial charge on any atom is -0.362 e. The molecule has 3 aromatic rings. The Kier molecular flexibility index (Phi) is 4.35. The first-order valence-corrected chi connectivity index (χ1v) is 7.51. The number of amides is 1. The van der Waals surface area contributed by atoms with Crippen LogP contribution in [-0.2, 0) is 6.54 Å². The molecule has 0 spiro atoms. The van der Waals surface area contributed by atoms with Crippen molar-refractivity contribution < 1.29 is 4.79 Å². The van der Waals surface area contributed by atoms with Crippen LogP contribution >= 0.6 is 11.3 Å². The summed E-state index contributed by atoms with van der Waals surface area (Å²) in [5.74, 6) is 0.316. The van der Waals surface area contributed by atoms with Crippen LogP contribution in [-0.4, -0.2) is 21.1 Å². The van der Waals surface area contributed by atoms with E-state index in [4.69, 9.17) is 0 Å². The van der Waals surface area contributed by atoms with Crippen LogP contribution in [0, 0.1) is 0 Å². The molecule has 110 valence electrons. The van der Waals surface area contributed by atoms with Gasteiger partial charge in [-0.1, -0.05) is 18.2 Å². The van der Waals surface area contributed by atoms with Gasteiger partial charge in [-0.3, -0.25) is 4.79 Å². The van der Waals surface area contributed by atoms with Crippen molar-refractivity contribution in [1.82, 2.24) is 15.2 Å². The number of nitrogens with zero attached hydrogens (tertiary/aromatic N) is 3. The highest BCUT2D eigenvalue weighted by molar-refractivity contribution is 7.09. The number of benzene rings is 1. The summed E-state index contributed by atoms with van der Waals surface area (Å²) >= 11 is 1.57. The Labute approximate surface area is 131 Å². The van der Waals surface area contributed by atoms with Crippen LogP contribution in [0.5, 0.6) is 0 Å². The third-order valence-corrected chi connectivity index (χ3v) is 3.61. The second-order valence-corrected chi connectivity index (χ2v) is 5.38. The molecule has 0 radical (unpaired) electrons. The summed E-state index contributed by atoms with van der Waals surface area (Å²) < 4.78 is 0. The summed E-state index contributed by atoms with van der Waals surface area (Å²) in [7, 11) is 0. The molecule has 0 bridgehead atoms. The van der Waals surface area contributed by atoms with Gasteiger partial charge in [0.15, 0.2) is 5.69 Å². The molecule has 6 nitrogen and oxygen atoms in total. The standard InChI is InChI=1S/C15H13N5OS/c21-15(18-11-4-2-1-3-5-11)12-6-7-13(20-19-12)17-10-14-16-8-9-22-14/h1-9H,10H2,(H,17,20)(H,18,21). The van der Waals surface area contributed by atoms with Gasteiger partial charge < -0.3 is 10.6 Å². The summed E-state index contributed by atoms with van der Waals surface area (Å²) in [6.45, 7) is 0.585. The van der Waals surface area contributed by atoms with Crippen LogP contribution < -0.4 is 10.6 Å². The second-order valence-electron chi connectivity index (χ2n) is 4.40. The Morgan fingerprint density at radius 3 is 2.64 bits per heavy atom. The third-order valence-electron chi connectivity index (χ3n) is 2.83. The molecule has 1 amide bonds. The highest BCUT2D eigenvalue weighted by Crippen LogP contribution is 2.10. The Morgan fingerprint density at radius 1 is 1.09 bits per heavy atom. The number of nitrogens with one attached hydrogen (secondary N) is 2. The summed E-state index contributed by atoms with van der Waals surface area (Å²) in [6, 6.07) is 12.6. The van der Waals surface area contributed by atoms with Crippen LogP contribution in [0.1, 0.15) is 15.5 Å². The molecule has 0 unspecified atom stereocenters. The fourth-order valence-electron chi connectivity index (χ4n) is 1.77. The molecule has 0 atom stereocenters. The molecule has 7 heteroatoms. The van der Waals surface area contributed by atoms with Crippen molar-refractivity contribution in [2.45, 2.75) is 6.54 Å². The Balaban J connectivity index is 1.60. The summed E-state index contributed by atoms with van der Waals surface area (Å²) in [6.07, 6.45) is 1.75. The first-order valence-electron chi connectivity index (χ1n) is 6.63. The molecule has 3 rings (SSSR count). The van der Waals surface area contributed by atoms with E-state index in [1.807, 2.05) is 35.7 Å². The average Bonchev–Trinajstić information content (AvgIpc) is 3.08. The number of hydrogen-bond donors (Lipinski definition) is 2. The van der Waals surface area contributed by atoms with Crippen LogP contribution in [0.2, 0.25) is 0 Å². The van der Waals surface area contributed by atoms with Gasteiger partial charge >= 0.3 is 0 Å². The number of carbonyl (C=O) groups is 1. The number of rotatable bonds is 5. The SMILES string of the molecule is O=C(Nc1ccccc1)c1ccc(NCc2nccs2)nn1. The lowest BCUT2D eigenvalue weighted by atomic mass is 10.3. The van der Waals surface area contributed by atoms with Gasteiger partial charge in [0.05, 0.1) is 6.54 Å². The van der Waals surface area contributed by atoms with E-state index in [9.17, 15) is 4.79 Å². The number of aromatic nitrogens is 3. The van der Waals surface area contributed by atoms with Crippen molar-refractivity contribution in [2.24, 2.45) is 0 Å². The van der Waals surface area contributed by atoms with E-state index in [1.54, 1.807) is 29.7 Å². The maximum absolute atomic E-state index is 12.0. The van der Waals surface area contributed by atoms with E-state index in [0.717, 1.165) is 10.7 Å². The lowest BCUT2D eigenvalue weighted by molar-refractivity contribution is 0.102. The molecule has 1 aromatic carbocycles. The van der Waals surface area contributed by atoms with Crippen molar-refractivity contribution in [3.63, 3.8) is 0 Å². The fourth-order valence-corrected chi connectivity index (χ4v) is 2.33. The predicted molar refractivity (Wildman–Crippen MR) is 85.9 cm³/mol. The lowest BCUT2D eigenvalue weighted by Gasteiger charge is -2.05. The van der Waals surface area contributed by atoms with Gasteiger partial charge in [0.1, 0.15) is 10.8 Å². The van der Waals surface area contributed by atoms with Gasteiger partial charge in [-0.05, 0) is 24.3 Å². The quantitative estimate of drug-likeness (QED) is 0.757. The maximum atomic E-state index is 12.0. The van der Waals surface area contributed by atoms with Crippen molar-refractivity contribution >= 4 is 28.7 Å². The third kappa shape index (κ3) is 3.64. The van der Waals surface area contributed by atoms with E-state index in [1.165, 1.54) is 0 Å². The summed E-state index contributed by atoms with van der Waals surface area (Å²) in [4.78, 5) is 16.2. The van der Waals surface area contributed by atoms with Gasteiger partial charge in [0, 0.05) is 17.3 Å². The zero-order chi connectivity index (χ0) is 15.2. The molecule has 22 heavy (non-hydrogen) atoms. The maximum Gasteiger partial charge on any atom is 0.276 e. The number of hydrogen-bond acceptors (Lipinski definition) is 6. The number of thiazole rings is 1. The van der Waals surface area contributed by atoms with E-state index < -0.39 is 0 Å². The topological polar surface area (TPSA) is 79.8 Å². The van der Waals surface area contributed by atoms with Crippen molar-refractivity contribution in [1.29, 1.82) is 0 Å². The van der Waals surface area contributed by atoms with Gasteiger partial charge in [-0.2, -0.15) is 0 Å². The first kappa shape index (κ1) is 14.2. The van der Waals surface area contributed by atoms with Gasteiger partial charge in [-0.15, -0.1) is 21.5 Å². The van der Waals surface area contributed by atoms with Gasteiger partial charge in [0.2, 0.25) is 0 Å². The number of anilines is 2. The monoisotopic (exact) mass is 311 g/mol. The van der Waals surface area contributed by atoms with Gasteiger partial charge in [0.25, 0.3) is 5.91 Å². The van der Waals surface area contributed by atoms with E-state index >= 15 is 0 Å². The Morgan fingerprint density at radius 2 is 1.95 bits per heavy atom. The van der Waals surface area contributed by atoms with Crippen LogP contribution in [0.4, 0.5) is 11.5 Å². The van der Waals surface area contributed by atoms with E-state index in [2.05, 4.69) is 25.8 Å². The number of para-hydroxylation sites is 1. The van der Waals surface area contributed by atoms with E-state index in [0.29, 0.717) is 12.4 Å². The molecule has 0 saturated carbocycles. The van der Waals surface area contributed by atoms with Crippen LogP contribution in [0.3, 0.4) is 0 Å². The van der Waals surface area contributed by atoms with Gasteiger partial charge in [-0.25, -0.2) is 4.98 Å². The minimum atomic E-state index is -0.287. The first-order chi connectivity index (χ1) is 10.8. The van der Waals surface area contributed by atoms with Crippen LogP contribution in [0.15, 0.2) is 54.0 Å². The van der Waals surface area contributed by atoms with Crippen molar-refractivity contribution in [2.75, 3.05) is 10.6 Å². The largest absolute Gasteiger partial charge is 0.362 e. The van der Waals surface area contributed by atoms with E-state index in [-0.39, 0.29) is 11.6 Å². The Bertz CT molecular complexity index is 728. The molecular formula is C15H13N5OS. The zero-order valence-electron chi connectivity index (χ0n) is 11.6. The van der Waals surface area contributed by atoms with Crippen molar-refractivity contribution in [3.8, 4) is 0 Å². The lowest BCUT2D eigenvalue weighted by Crippen LogP contribution is -2.14. The number of carbonyl (C=O) groups excluding carboxylic acids is 1. The molecule has 0 aliphatic rings.